The van der Waals surface area contributed by atoms with Crippen LogP contribution in [-0.2, 0) is 65.4 Å². The van der Waals surface area contributed by atoms with Crippen LogP contribution in [0, 0.1) is 0 Å². The van der Waals surface area contributed by atoms with E-state index < -0.39 is 97.5 Å². The second-order valence-corrected chi connectivity index (χ2v) is 29.9. The van der Waals surface area contributed by atoms with Crippen LogP contribution in [0.4, 0.5) is 0 Å². The lowest BCUT2D eigenvalue weighted by Gasteiger charge is -2.21. The molecule has 2 unspecified atom stereocenters. The van der Waals surface area contributed by atoms with E-state index in [-0.39, 0.29) is 25.7 Å². The van der Waals surface area contributed by atoms with Crippen LogP contribution in [-0.4, -0.2) is 96.7 Å². The van der Waals surface area contributed by atoms with E-state index in [0.717, 1.165) is 103 Å². The number of carbonyl (C=O) groups excluding carboxylic acids is 4. The number of allylic oxidation sites excluding steroid dienone is 24. The molecule has 0 aromatic heterocycles. The molecule has 0 radical (unpaired) electrons. The van der Waals surface area contributed by atoms with Gasteiger partial charge in [0, 0.05) is 25.7 Å². The topological polar surface area (TPSA) is 237 Å². The van der Waals surface area contributed by atoms with Crippen LogP contribution in [0.5, 0.6) is 0 Å². The maximum Gasteiger partial charge on any atom is 0.472 e. The van der Waals surface area contributed by atoms with E-state index in [9.17, 15) is 43.2 Å². The summed E-state index contributed by atoms with van der Waals surface area (Å²) in [6.07, 6.45) is 89.8. The second-order valence-electron chi connectivity index (χ2n) is 27.0. The van der Waals surface area contributed by atoms with Crippen LogP contribution in [0.15, 0.2) is 146 Å². The highest BCUT2D eigenvalue weighted by Crippen LogP contribution is 2.45. The molecule has 0 saturated heterocycles. The van der Waals surface area contributed by atoms with Crippen LogP contribution in [0.25, 0.3) is 0 Å². The van der Waals surface area contributed by atoms with Crippen molar-refractivity contribution in [3.05, 3.63) is 146 Å². The Labute approximate surface area is 643 Å². The molecule has 0 aliphatic carbocycles. The van der Waals surface area contributed by atoms with Crippen molar-refractivity contribution < 1.29 is 80.2 Å². The quantitative estimate of drug-likeness (QED) is 0.0169. The van der Waals surface area contributed by atoms with E-state index in [1.807, 2.05) is 36.5 Å². The Kier molecular flexibility index (Phi) is 74.3. The van der Waals surface area contributed by atoms with Gasteiger partial charge in [0.2, 0.25) is 0 Å². The Balaban J connectivity index is 5.51. The highest BCUT2D eigenvalue weighted by molar-refractivity contribution is 7.47. The van der Waals surface area contributed by atoms with E-state index in [2.05, 4.69) is 137 Å². The van der Waals surface area contributed by atoms with Gasteiger partial charge in [0.25, 0.3) is 0 Å². The van der Waals surface area contributed by atoms with Gasteiger partial charge in [-0.05, 0) is 141 Å². The lowest BCUT2D eigenvalue weighted by atomic mass is 10.0. The molecule has 0 spiro atoms. The molecule has 0 amide bonds. The summed E-state index contributed by atoms with van der Waals surface area (Å²) < 4.78 is 68.5. The summed E-state index contributed by atoms with van der Waals surface area (Å²) in [5.74, 6) is -2.37. The first-order chi connectivity index (χ1) is 51.7. The summed E-state index contributed by atoms with van der Waals surface area (Å²) in [6, 6.07) is 0. The molecule has 0 fully saturated rings. The first-order valence-electron chi connectivity index (χ1n) is 41.1. The predicted molar refractivity (Wildman–Crippen MR) is 436 cm³/mol. The van der Waals surface area contributed by atoms with Crippen molar-refractivity contribution in [2.75, 3.05) is 39.6 Å². The van der Waals surface area contributed by atoms with E-state index in [1.165, 1.54) is 122 Å². The fraction of sp³-hybridized carbons (Fsp3) is 0.678. The molecule has 0 aromatic carbocycles. The average molecular weight is 1530 g/mol. The molecule has 606 valence electrons. The van der Waals surface area contributed by atoms with Gasteiger partial charge < -0.3 is 33.8 Å². The highest BCUT2D eigenvalue weighted by atomic mass is 31.2. The number of rotatable bonds is 76. The van der Waals surface area contributed by atoms with Crippen molar-refractivity contribution in [1.29, 1.82) is 0 Å². The fourth-order valence-corrected chi connectivity index (χ4v) is 12.1. The number of ether oxygens (including phenoxy) is 4. The molecule has 0 aliphatic heterocycles. The Hall–Kier alpha value is -5.06. The molecule has 0 bridgehead atoms. The smallest absolute Gasteiger partial charge is 0.462 e. The van der Waals surface area contributed by atoms with Gasteiger partial charge in [0.15, 0.2) is 12.2 Å². The summed E-state index contributed by atoms with van der Waals surface area (Å²) in [4.78, 5) is 73.0. The Morgan fingerprint density at radius 2 is 0.472 bits per heavy atom. The van der Waals surface area contributed by atoms with E-state index in [4.69, 9.17) is 37.0 Å². The lowest BCUT2D eigenvalue weighted by Crippen LogP contribution is -2.30. The van der Waals surface area contributed by atoms with Crippen molar-refractivity contribution in [2.24, 2.45) is 0 Å². The third-order valence-electron chi connectivity index (χ3n) is 16.8. The lowest BCUT2D eigenvalue weighted by molar-refractivity contribution is -0.161. The molecular weight excluding hydrogens is 1380 g/mol. The van der Waals surface area contributed by atoms with Crippen LogP contribution in [0.2, 0.25) is 0 Å². The summed E-state index contributed by atoms with van der Waals surface area (Å²) in [6.45, 7) is 4.62. The minimum absolute atomic E-state index is 0.00255. The molecular formula is C87H146O17P2. The number of phosphoric acid groups is 2. The van der Waals surface area contributed by atoms with Crippen LogP contribution >= 0.6 is 15.6 Å². The zero-order valence-electron chi connectivity index (χ0n) is 66.3. The summed E-state index contributed by atoms with van der Waals surface area (Å²) in [5.41, 5.74) is 0. The fourth-order valence-electron chi connectivity index (χ4n) is 10.5. The molecule has 0 aromatic rings. The molecule has 5 atom stereocenters. The van der Waals surface area contributed by atoms with Gasteiger partial charge >= 0.3 is 39.5 Å². The number of hydrogen-bond donors (Lipinski definition) is 3. The molecule has 0 heterocycles. The molecule has 3 N–H and O–H groups in total. The Bertz CT molecular complexity index is 2580. The molecule has 17 nitrogen and oxygen atoms in total. The molecule has 19 heteroatoms. The number of hydrogen-bond acceptors (Lipinski definition) is 15. The number of esters is 4. The van der Waals surface area contributed by atoms with Crippen LogP contribution < -0.4 is 0 Å². The first-order valence-corrected chi connectivity index (χ1v) is 44.1. The molecule has 106 heavy (non-hydrogen) atoms. The monoisotopic (exact) mass is 1530 g/mol. The molecule has 0 saturated carbocycles. The van der Waals surface area contributed by atoms with Crippen molar-refractivity contribution >= 4 is 39.5 Å². The van der Waals surface area contributed by atoms with Gasteiger partial charge in [-0.1, -0.05) is 302 Å². The van der Waals surface area contributed by atoms with Crippen molar-refractivity contribution in [3.8, 4) is 0 Å². The van der Waals surface area contributed by atoms with Crippen molar-refractivity contribution in [3.63, 3.8) is 0 Å². The number of carbonyl (C=O) groups is 4. The first kappa shape index (κ1) is 101. The largest absolute Gasteiger partial charge is 0.472 e. The van der Waals surface area contributed by atoms with E-state index in [1.54, 1.807) is 0 Å². The third-order valence-corrected chi connectivity index (χ3v) is 18.7. The summed E-state index contributed by atoms with van der Waals surface area (Å²) >= 11 is 0. The minimum atomic E-state index is -5.01. The number of aliphatic hydroxyl groups is 1. The van der Waals surface area contributed by atoms with Gasteiger partial charge in [0.1, 0.15) is 19.3 Å². The van der Waals surface area contributed by atoms with Gasteiger partial charge in [-0.15, -0.1) is 0 Å². The molecule has 0 rings (SSSR count). The average Bonchev–Trinajstić information content (AvgIpc) is 0.902. The highest BCUT2D eigenvalue weighted by Gasteiger charge is 2.30. The van der Waals surface area contributed by atoms with E-state index >= 15 is 0 Å². The third kappa shape index (κ3) is 77.1. The van der Waals surface area contributed by atoms with Gasteiger partial charge in [0.05, 0.1) is 26.4 Å². The van der Waals surface area contributed by atoms with Gasteiger partial charge in [-0.2, -0.15) is 0 Å². The molecule has 0 aliphatic rings. The zero-order valence-corrected chi connectivity index (χ0v) is 68.1. The summed E-state index contributed by atoms with van der Waals surface area (Å²) in [5, 5.41) is 10.6. The maximum atomic E-state index is 13.1. The van der Waals surface area contributed by atoms with Gasteiger partial charge in [-0.25, -0.2) is 9.13 Å². The van der Waals surface area contributed by atoms with Crippen LogP contribution in [0.1, 0.15) is 323 Å². The van der Waals surface area contributed by atoms with Crippen molar-refractivity contribution in [1.82, 2.24) is 0 Å². The van der Waals surface area contributed by atoms with E-state index in [0.29, 0.717) is 44.9 Å². The number of aliphatic hydroxyl groups excluding tert-OH is 1. The standard InChI is InChI=1S/C87H146O17P2/c1-5-9-13-17-21-25-29-33-37-40-44-47-51-55-59-63-67-71-84(89)97-77-82(103-86(91)73-69-65-61-57-53-49-43-36-32-28-24-20-16-12-8-4)79-101-105(93,94)99-75-81(88)76-100-106(95,96)102-80-83(104-87(92)74-70-66-62-58-54-50-46-42-39-35-31-27-23-19-15-11-7-3)78-98-85(90)72-68-64-60-56-52-48-45-41-38-34-30-26-22-18-14-10-6-2/h21-23,25-27,33-35,37-39,44-48,50,55-56,58-60,62,81-83,88H,5-20,24,28-32,36,40-43,49,51-54,57,61,63-80H2,1-4H3,(H,93,94)(H,95,96)/b25-21-,26-22-,27-23-,37-33-,38-34-,39-35-,47-44-,48-45-,50-46-,59-55-,60-56-,62-58-/t81-,82+,83+/m0/s1. The van der Waals surface area contributed by atoms with Crippen molar-refractivity contribution in [2.45, 2.75) is 341 Å². The zero-order chi connectivity index (χ0) is 77.4. The van der Waals surface area contributed by atoms with Crippen LogP contribution in [0.3, 0.4) is 0 Å². The maximum absolute atomic E-state index is 13.1. The minimum Gasteiger partial charge on any atom is -0.462 e. The number of unbranched alkanes of at least 4 members (excludes halogenated alkanes) is 26. The SMILES string of the molecule is CCCCC/C=C\C/C=C\C/C=C\C/C=C\CCCC(=O)OC[C@H](COP(=O)(O)OC[C@@H](O)COP(=O)(O)OC[C@@H](COC(=O)CCC/C=C\C/C=C\C/C=C\C/C=C\CCCCC)OC(=O)CCCCCCCCCCCCCCCCC)OC(=O)CCC/C=C\C/C=C\C/C=C\C/C=C\CCCCC. The second kappa shape index (κ2) is 78.1. The summed E-state index contributed by atoms with van der Waals surface area (Å²) in [7, 11) is -10.0. The normalized spacial score (nSPS) is 14.6. The predicted octanol–water partition coefficient (Wildman–Crippen LogP) is 24.2. The Morgan fingerprint density at radius 1 is 0.264 bits per heavy atom. The number of phosphoric ester groups is 2. The Morgan fingerprint density at radius 3 is 0.745 bits per heavy atom. The van der Waals surface area contributed by atoms with Gasteiger partial charge in [-0.3, -0.25) is 37.3 Å².